The third-order valence-corrected chi connectivity index (χ3v) is 4.53. The number of nitro groups is 1. The average Bonchev–Trinajstić information content (AvgIpc) is 3.05. The fraction of sp³-hybridized carbons (Fsp3) is 0.500. The van der Waals surface area contributed by atoms with E-state index in [1.807, 2.05) is 0 Å². The number of carboxylic acids is 1. The van der Waals surface area contributed by atoms with E-state index in [2.05, 4.69) is 5.32 Å². The molecule has 0 saturated carbocycles. The summed E-state index contributed by atoms with van der Waals surface area (Å²) in [6, 6.07) is 4.06. The van der Waals surface area contributed by atoms with Crippen LogP contribution in [0.15, 0.2) is 24.3 Å². The monoisotopic (exact) mass is 389 g/mol. The van der Waals surface area contributed by atoms with E-state index in [1.54, 1.807) is 13.0 Å². The van der Waals surface area contributed by atoms with Gasteiger partial charge in [-0.1, -0.05) is 19.1 Å². The standard InChI is InChI=1S/C16H18F3N3O5/c1-2-13(9-4-3-5-10(6-9)22(26)27)20-15(25)21-7-11(14(23)24)12(8-21)16(17,18)19/h3-6,11-13H,2,7-8H2,1H3,(H,20,25)(H,23,24)/t11-,12-,13?/m1/s1. The average molecular weight is 389 g/mol. The first-order valence-corrected chi connectivity index (χ1v) is 8.13. The molecule has 1 saturated heterocycles. The molecule has 0 bridgehead atoms. The van der Waals surface area contributed by atoms with Gasteiger partial charge in [0.15, 0.2) is 0 Å². The molecule has 1 heterocycles. The van der Waals surface area contributed by atoms with Gasteiger partial charge in [0, 0.05) is 25.2 Å². The molecule has 8 nitrogen and oxygen atoms in total. The maximum atomic E-state index is 13.0. The third-order valence-electron chi connectivity index (χ3n) is 4.53. The smallest absolute Gasteiger partial charge is 0.394 e. The molecular formula is C16H18F3N3O5. The largest absolute Gasteiger partial charge is 0.481 e. The molecule has 2 amide bonds. The van der Waals surface area contributed by atoms with E-state index >= 15 is 0 Å². The number of nitrogens with one attached hydrogen (secondary N) is 1. The van der Waals surface area contributed by atoms with Gasteiger partial charge in [-0.05, 0) is 12.0 Å². The van der Waals surface area contributed by atoms with Crippen molar-refractivity contribution >= 4 is 17.7 Å². The number of carboxylic acid groups (broad SMARTS) is 1. The number of hydrogen-bond acceptors (Lipinski definition) is 4. The van der Waals surface area contributed by atoms with Gasteiger partial charge < -0.3 is 15.3 Å². The Hall–Kier alpha value is -2.85. The van der Waals surface area contributed by atoms with Crippen LogP contribution in [0.5, 0.6) is 0 Å². The summed E-state index contributed by atoms with van der Waals surface area (Å²) in [5.41, 5.74) is 0.255. The zero-order valence-corrected chi connectivity index (χ0v) is 14.3. The van der Waals surface area contributed by atoms with Gasteiger partial charge in [0.05, 0.1) is 22.8 Å². The van der Waals surface area contributed by atoms with Gasteiger partial charge in [-0.2, -0.15) is 13.2 Å². The molecule has 2 rings (SSSR count). The van der Waals surface area contributed by atoms with Crippen LogP contribution in [0.2, 0.25) is 0 Å². The fourth-order valence-electron chi connectivity index (χ4n) is 3.07. The number of aliphatic carboxylic acids is 1. The molecule has 0 aromatic heterocycles. The summed E-state index contributed by atoms with van der Waals surface area (Å²) in [4.78, 5) is 34.6. The second-order valence-electron chi connectivity index (χ2n) is 6.26. The predicted octanol–water partition coefficient (Wildman–Crippen LogP) is 2.95. The SMILES string of the molecule is CCC(NC(=O)N1C[C@@H](C(F)(F)F)[C@H](C(=O)O)C1)c1cccc([N+](=O)[O-])c1. The van der Waals surface area contributed by atoms with Crippen LogP contribution in [0.3, 0.4) is 0 Å². The van der Waals surface area contributed by atoms with E-state index in [9.17, 15) is 32.9 Å². The topological polar surface area (TPSA) is 113 Å². The molecule has 1 aromatic carbocycles. The number of amides is 2. The summed E-state index contributed by atoms with van der Waals surface area (Å²) in [7, 11) is 0. The minimum absolute atomic E-state index is 0.176. The number of carbonyl (C=O) groups is 2. The Kier molecular flexibility index (Phi) is 5.91. The second kappa shape index (κ2) is 7.80. The van der Waals surface area contributed by atoms with Gasteiger partial charge in [-0.15, -0.1) is 0 Å². The molecule has 0 spiro atoms. The highest BCUT2D eigenvalue weighted by Gasteiger charge is 2.53. The number of hydrogen-bond donors (Lipinski definition) is 2. The van der Waals surface area contributed by atoms with E-state index < -0.39 is 54.1 Å². The number of carbonyl (C=O) groups excluding carboxylic acids is 1. The first kappa shape index (κ1) is 20.5. The van der Waals surface area contributed by atoms with Crippen LogP contribution in [-0.2, 0) is 4.79 Å². The van der Waals surface area contributed by atoms with Crippen LogP contribution < -0.4 is 5.32 Å². The first-order chi connectivity index (χ1) is 12.5. The zero-order valence-electron chi connectivity index (χ0n) is 14.3. The zero-order chi connectivity index (χ0) is 20.4. The molecule has 1 aromatic rings. The highest BCUT2D eigenvalue weighted by molar-refractivity contribution is 5.78. The maximum absolute atomic E-state index is 13.0. The lowest BCUT2D eigenvalue weighted by Crippen LogP contribution is -2.41. The molecule has 1 unspecified atom stereocenters. The summed E-state index contributed by atoms with van der Waals surface area (Å²) < 4.78 is 39.1. The first-order valence-electron chi connectivity index (χ1n) is 8.13. The molecular weight excluding hydrogens is 371 g/mol. The Bertz CT molecular complexity index is 740. The van der Waals surface area contributed by atoms with Crippen LogP contribution in [0.1, 0.15) is 24.9 Å². The molecule has 148 valence electrons. The van der Waals surface area contributed by atoms with Gasteiger partial charge in [-0.25, -0.2) is 4.79 Å². The van der Waals surface area contributed by atoms with Crippen molar-refractivity contribution in [3.63, 3.8) is 0 Å². The lowest BCUT2D eigenvalue weighted by atomic mass is 9.96. The summed E-state index contributed by atoms with van der Waals surface area (Å²) in [6.45, 7) is 0.390. The van der Waals surface area contributed by atoms with Gasteiger partial charge >= 0.3 is 18.2 Å². The minimum atomic E-state index is -4.73. The van der Waals surface area contributed by atoms with E-state index in [4.69, 9.17) is 5.11 Å². The molecule has 0 aliphatic carbocycles. The van der Waals surface area contributed by atoms with Crippen molar-refractivity contribution in [1.29, 1.82) is 0 Å². The van der Waals surface area contributed by atoms with Crippen molar-refractivity contribution in [2.24, 2.45) is 11.8 Å². The quantitative estimate of drug-likeness (QED) is 0.594. The number of nitro benzene ring substituents is 1. The number of nitrogens with zero attached hydrogens (tertiary/aromatic N) is 2. The van der Waals surface area contributed by atoms with Crippen molar-refractivity contribution in [2.45, 2.75) is 25.6 Å². The normalized spacial score (nSPS) is 21.0. The molecule has 1 aliphatic heterocycles. The van der Waals surface area contributed by atoms with Crippen molar-refractivity contribution in [3.05, 3.63) is 39.9 Å². The van der Waals surface area contributed by atoms with Gasteiger partial charge in [0.2, 0.25) is 0 Å². The Morgan fingerprint density at radius 1 is 1.41 bits per heavy atom. The number of rotatable bonds is 5. The van der Waals surface area contributed by atoms with E-state index in [1.165, 1.54) is 18.2 Å². The number of alkyl halides is 3. The lowest BCUT2D eigenvalue weighted by Gasteiger charge is -2.23. The number of likely N-dealkylation sites (tertiary alicyclic amines) is 1. The Morgan fingerprint density at radius 3 is 2.56 bits per heavy atom. The lowest BCUT2D eigenvalue weighted by molar-refractivity contribution is -0.384. The summed E-state index contributed by atoms with van der Waals surface area (Å²) >= 11 is 0. The van der Waals surface area contributed by atoms with Crippen LogP contribution in [0, 0.1) is 22.0 Å². The Morgan fingerprint density at radius 2 is 2.07 bits per heavy atom. The molecule has 0 radical (unpaired) electrons. The van der Waals surface area contributed by atoms with Crippen LogP contribution in [0.4, 0.5) is 23.7 Å². The number of urea groups is 1. The summed E-state index contributed by atoms with van der Waals surface area (Å²) in [5.74, 6) is -5.48. The minimum Gasteiger partial charge on any atom is -0.481 e. The summed E-state index contributed by atoms with van der Waals surface area (Å²) in [6.07, 6.45) is -4.39. The van der Waals surface area contributed by atoms with Crippen molar-refractivity contribution in [3.8, 4) is 0 Å². The van der Waals surface area contributed by atoms with Crippen LogP contribution in [-0.4, -0.2) is 46.2 Å². The van der Waals surface area contributed by atoms with E-state index in [0.717, 1.165) is 4.90 Å². The molecule has 1 aliphatic rings. The number of benzene rings is 1. The molecule has 27 heavy (non-hydrogen) atoms. The fourth-order valence-corrected chi connectivity index (χ4v) is 3.07. The van der Waals surface area contributed by atoms with E-state index in [0.29, 0.717) is 12.0 Å². The Labute approximate surface area is 152 Å². The van der Waals surface area contributed by atoms with Crippen molar-refractivity contribution in [1.82, 2.24) is 10.2 Å². The molecule has 3 atom stereocenters. The van der Waals surface area contributed by atoms with Crippen LogP contribution in [0.25, 0.3) is 0 Å². The van der Waals surface area contributed by atoms with Crippen molar-refractivity contribution < 1.29 is 32.8 Å². The van der Waals surface area contributed by atoms with Crippen molar-refractivity contribution in [2.75, 3.05) is 13.1 Å². The van der Waals surface area contributed by atoms with Crippen LogP contribution >= 0.6 is 0 Å². The maximum Gasteiger partial charge on any atom is 0.394 e. The van der Waals surface area contributed by atoms with Gasteiger partial charge in [0.1, 0.15) is 0 Å². The predicted molar refractivity (Wildman–Crippen MR) is 86.9 cm³/mol. The molecule has 1 fully saturated rings. The number of halogens is 3. The van der Waals surface area contributed by atoms with Gasteiger partial charge in [0.25, 0.3) is 5.69 Å². The molecule has 11 heteroatoms. The molecule has 2 N–H and O–H groups in total. The van der Waals surface area contributed by atoms with E-state index in [-0.39, 0.29) is 5.69 Å². The third kappa shape index (κ3) is 4.66. The number of non-ortho nitro benzene ring substituents is 1. The summed E-state index contributed by atoms with van der Waals surface area (Å²) in [5, 5.41) is 22.4. The van der Waals surface area contributed by atoms with Gasteiger partial charge in [-0.3, -0.25) is 14.9 Å². The Balaban J connectivity index is 2.14. The highest BCUT2D eigenvalue weighted by atomic mass is 19.4. The second-order valence-corrected chi connectivity index (χ2v) is 6.26. The highest BCUT2D eigenvalue weighted by Crippen LogP contribution is 2.38.